The molecule has 0 amide bonds. The van der Waals surface area contributed by atoms with E-state index in [1.165, 1.54) is 26.4 Å². The first kappa shape index (κ1) is 23.3. The molecule has 0 aromatic heterocycles. The summed E-state index contributed by atoms with van der Waals surface area (Å²) in [4.78, 5) is 15.8. The van der Waals surface area contributed by atoms with Crippen LogP contribution in [0, 0.1) is 5.41 Å². The summed E-state index contributed by atoms with van der Waals surface area (Å²) >= 11 is 1.83. The molecule has 168 valence electrons. The normalized spacial score (nSPS) is 18.2. The van der Waals surface area contributed by atoms with Crippen LogP contribution < -0.4 is 14.4 Å². The third-order valence-electron chi connectivity index (χ3n) is 6.20. The maximum absolute atomic E-state index is 12.4. The zero-order valence-corrected chi connectivity index (χ0v) is 20.0. The number of benzene rings is 2. The van der Waals surface area contributed by atoms with E-state index in [-0.39, 0.29) is 11.4 Å². The Labute approximate surface area is 190 Å². The van der Waals surface area contributed by atoms with E-state index in [4.69, 9.17) is 14.2 Å². The van der Waals surface area contributed by atoms with Gasteiger partial charge in [0.15, 0.2) is 0 Å². The molecule has 0 N–H and O–H groups in total. The van der Waals surface area contributed by atoms with Crippen LogP contribution in [0.1, 0.15) is 49.9 Å². The molecule has 0 bridgehead atoms. The molecule has 2 aromatic rings. The molecule has 1 atom stereocenters. The number of carbonyl (C=O) groups excluding carboxylic acids is 1. The molecular weight excluding hydrogens is 410 g/mol. The van der Waals surface area contributed by atoms with E-state index < -0.39 is 0 Å². The summed E-state index contributed by atoms with van der Waals surface area (Å²) in [7, 11) is 4.67. The molecule has 31 heavy (non-hydrogen) atoms. The third kappa shape index (κ3) is 4.95. The maximum Gasteiger partial charge on any atom is 0.341 e. The van der Waals surface area contributed by atoms with E-state index in [1.54, 1.807) is 14.2 Å². The van der Waals surface area contributed by atoms with Gasteiger partial charge in [0.2, 0.25) is 0 Å². The first-order chi connectivity index (χ1) is 15.0. The number of rotatable bonds is 8. The highest BCUT2D eigenvalue weighted by Gasteiger charge is 2.36. The Hall–Kier alpha value is -2.34. The Bertz CT molecular complexity index is 899. The first-order valence-electron chi connectivity index (χ1n) is 10.9. The van der Waals surface area contributed by atoms with Crippen molar-refractivity contribution in [1.29, 1.82) is 0 Å². The molecule has 0 saturated carbocycles. The summed E-state index contributed by atoms with van der Waals surface area (Å²) in [5.41, 5.74) is 2.81. The number of hydrogen-bond acceptors (Lipinski definition) is 6. The van der Waals surface area contributed by atoms with Crippen molar-refractivity contribution in [3.05, 3.63) is 42.0 Å². The van der Waals surface area contributed by atoms with Gasteiger partial charge in [0.1, 0.15) is 17.1 Å². The number of unbranched alkanes of at least 4 members (excludes halogenated alkanes) is 1. The zero-order chi connectivity index (χ0) is 22.4. The van der Waals surface area contributed by atoms with Crippen molar-refractivity contribution in [3.8, 4) is 11.5 Å². The van der Waals surface area contributed by atoms with Crippen molar-refractivity contribution in [2.24, 2.45) is 5.41 Å². The summed E-state index contributed by atoms with van der Waals surface area (Å²) in [5, 5.41) is 0. The number of hydrogen-bond donors (Lipinski definition) is 0. The minimum absolute atomic E-state index is 0.179. The summed E-state index contributed by atoms with van der Waals surface area (Å²) in [5.74, 6) is 1.99. The molecule has 0 radical (unpaired) electrons. The molecule has 6 heteroatoms. The van der Waals surface area contributed by atoms with Crippen molar-refractivity contribution >= 4 is 29.1 Å². The second-order valence-electron chi connectivity index (χ2n) is 8.04. The van der Waals surface area contributed by atoms with Gasteiger partial charge in [-0.3, -0.25) is 0 Å². The number of esters is 1. The van der Waals surface area contributed by atoms with Crippen molar-refractivity contribution < 1.29 is 19.0 Å². The molecule has 2 aromatic carbocycles. The smallest absolute Gasteiger partial charge is 0.341 e. The number of methoxy groups -OCH3 is 3. The Morgan fingerprint density at radius 1 is 1.10 bits per heavy atom. The van der Waals surface area contributed by atoms with Gasteiger partial charge in [-0.2, -0.15) is 0 Å². The van der Waals surface area contributed by atoms with Gasteiger partial charge in [-0.15, -0.1) is 11.8 Å². The summed E-state index contributed by atoms with van der Waals surface area (Å²) in [6.45, 7) is 5.45. The Morgan fingerprint density at radius 2 is 1.84 bits per heavy atom. The molecule has 5 nitrogen and oxygen atoms in total. The Kier molecular flexibility index (Phi) is 7.76. The number of anilines is 2. The monoisotopic (exact) mass is 443 g/mol. The van der Waals surface area contributed by atoms with Gasteiger partial charge in [0.05, 0.1) is 27.0 Å². The molecule has 1 aliphatic rings. The zero-order valence-electron chi connectivity index (χ0n) is 19.2. The topological polar surface area (TPSA) is 48.0 Å². The number of ether oxygens (including phenoxy) is 3. The number of fused-ring (bicyclic) bond motifs is 1. The Morgan fingerprint density at radius 3 is 2.42 bits per heavy atom. The highest BCUT2D eigenvalue weighted by molar-refractivity contribution is 7.99. The van der Waals surface area contributed by atoms with Gasteiger partial charge in [0.25, 0.3) is 0 Å². The average Bonchev–Trinajstić information content (AvgIpc) is 2.98. The van der Waals surface area contributed by atoms with Crippen LogP contribution in [0.3, 0.4) is 0 Å². The quantitative estimate of drug-likeness (QED) is 0.445. The summed E-state index contributed by atoms with van der Waals surface area (Å²) < 4.78 is 15.9. The number of nitrogens with zero attached hydrogens (tertiary/aromatic N) is 1. The third-order valence-corrected chi connectivity index (χ3v) is 7.59. The summed E-state index contributed by atoms with van der Waals surface area (Å²) in [6, 6.07) is 12.1. The van der Waals surface area contributed by atoms with Crippen LogP contribution in [-0.4, -0.2) is 39.6 Å². The largest absolute Gasteiger partial charge is 0.497 e. The van der Waals surface area contributed by atoms with Crippen LogP contribution >= 0.6 is 11.8 Å². The predicted octanol–water partition coefficient (Wildman–Crippen LogP) is 6.32. The van der Waals surface area contributed by atoms with Gasteiger partial charge >= 0.3 is 5.97 Å². The fraction of sp³-hybridized carbons (Fsp3) is 0.480. The lowest BCUT2D eigenvalue weighted by Crippen LogP contribution is -2.36. The van der Waals surface area contributed by atoms with Crippen LogP contribution in [0.15, 0.2) is 41.3 Å². The van der Waals surface area contributed by atoms with Crippen LogP contribution in [-0.2, 0) is 4.74 Å². The molecule has 1 heterocycles. The van der Waals surface area contributed by atoms with Crippen LogP contribution in [0.4, 0.5) is 11.4 Å². The molecule has 3 rings (SSSR count). The molecule has 0 aliphatic carbocycles. The number of thioether (sulfide) groups is 1. The van der Waals surface area contributed by atoms with Gasteiger partial charge in [-0.05, 0) is 48.6 Å². The fourth-order valence-corrected chi connectivity index (χ4v) is 5.52. The van der Waals surface area contributed by atoms with Gasteiger partial charge in [0, 0.05) is 28.9 Å². The lowest BCUT2D eigenvalue weighted by molar-refractivity contribution is 0.0597. The van der Waals surface area contributed by atoms with Crippen LogP contribution in [0.25, 0.3) is 0 Å². The lowest BCUT2D eigenvalue weighted by Gasteiger charge is -2.37. The van der Waals surface area contributed by atoms with E-state index in [0.717, 1.165) is 40.7 Å². The average molecular weight is 444 g/mol. The molecule has 1 aliphatic heterocycles. The fourth-order valence-electron chi connectivity index (χ4n) is 4.10. The van der Waals surface area contributed by atoms with E-state index >= 15 is 0 Å². The second-order valence-corrected chi connectivity index (χ2v) is 9.06. The minimum atomic E-state index is -0.381. The summed E-state index contributed by atoms with van der Waals surface area (Å²) in [6.07, 6.45) is 4.66. The standard InChI is InChI=1S/C25H33NO4S/c1-6-8-13-25(7-2)16-26(18-9-11-19(28-3)12-10-18)21-15-22(29-4)20(24(27)30-5)14-23(21)31-17-25/h9-12,14-15H,6-8,13,16-17H2,1-5H3. The molecule has 1 unspecified atom stereocenters. The molecule has 0 fully saturated rings. The maximum atomic E-state index is 12.4. The Balaban J connectivity index is 2.14. The molecular formula is C25H33NO4S. The van der Waals surface area contributed by atoms with E-state index in [0.29, 0.717) is 11.3 Å². The van der Waals surface area contributed by atoms with Crippen molar-refractivity contribution in [2.75, 3.05) is 38.5 Å². The van der Waals surface area contributed by atoms with Crippen molar-refractivity contribution in [2.45, 2.75) is 44.4 Å². The number of carbonyl (C=O) groups is 1. The van der Waals surface area contributed by atoms with Crippen molar-refractivity contribution in [1.82, 2.24) is 0 Å². The minimum Gasteiger partial charge on any atom is -0.497 e. The highest BCUT2D eigenvalue weighted by Crippen LogP contribution is 2.48. The van der Waals surface area contributed by atoms with Crippen LogP contribution in [0.2, 0.25) is 0 Å². The van der Waals surface area contributed by atoms with E-state index in [1.807, 2.05) is 36.0 Å². The van der Waals surface area contributed by atoms with E-state index in [9.17, 15) is 4.79 Å². The van der Waals surface area contributed by atoms with Gasteiger partial charge in [-0.1, -0.05) is 26.7 Å². The van der Waals surface area contributed by atoms with Crippen molar-refractivity contribution in [3.63, 3.8) is 0 Å². The molecule has 0 spiro atoms. The first-order valence-corrected chi connectivity index (χ1v) is 11.8. The second kappa shape index (κ2) is 10.3. The van der Waals surface area contributed by atoms with Crippen LogP contribution in [0.5, 0.6) is 11.5 Å². The van der Waals surface area contributed by atoms with E-state index in [2.05, 4.69) is 30.9 Å². The SMILES string of the molecule is CCCCC1(CC)CSc2cc(C(=O)OC)c(OC)cc2N(c2ccc(OC)cc2)C1. The molecule has 0 saturated heterocycles. The predicted molar refractivity (Wildman–Crippen MR) is 127 cm³/mol. The highest BCUT2D eigenvalue weighted by atomic mass is 32.2. The van der Waals surface area contributed by atoms with Gasteiger partial charge < -0.3 is 19.1 Å². The lowest BCUT2D eigenvalue weighted by atomic mass is 9.81. The van der Waals surface area contributed by atoms with Gasteiger partial charge in [-0.25, -0.2) is 4.79 Å².